The van der Waals surface area contributed by atoms with Crippen molar-refractivity contribution in [1.82, 2.24) is 0 Å². The number of hydrogen-bond acceptors (Lipinski definition) is 2. The molecule has 21 heavy (non-hydrogen) atoms. The van der Waals surface area contributed by atoms with Crippen LogP contribution in [-0.2, 0) is 6.54 Å². The first-order chi connectivity index (χ1) is 9.88. The second kappa shape index (κ2) is 6.22. The third-order valence-corrected chi connectivity index (χ3v) is 3.52. The molecule has 0 aromatic heterocycles. The van der Waals surface area contributed by atoms with Crippen LogP contribution in [0.1, 0.15) is 29.7 Å². The number of halogens is 2. The molecule has 0 spiro atoms. The smallest absolute Gasteiger partial charge is 0.126 e. The van der Waals surface area contributed by atoms with E-state index < -0.39 is 0 Å². The van der Waals surface area contributed by atoms with Crippen molar-refractivity contribution in [3.8, 4) is 0 Å². The minimum absolute atomic E-state index is 0.259. The fourth-order valence-electron chi connectivity index (χ4n) is 2.37. The monoisotopic (exact) mass is 290 g/mol. The highest BCUT2D eigenvalue weighted by Crippen LogP contribution is 2.28. The average Bonchev–Trinajstić information content (AvgIpc) is 2.41. The summed E-state index contributed by atoms with van der Waals surface area (Å²) in [6.07, 6.45) is 0. The van der Waals surface area contributed by atoms with Gasteiger partial charge in [0.2, 0.25) is 0 Å². The van der Waals surface area contributed by atoms with E-state index >= 15 is 0 Å². The first-order valence-electron chi connectivity index (χ1n) is 6.89. The Bertz CT molecular complexity index is 639. The van der Waals surface area contributed by atoms with Crippen molar-refractivity contribution in [3.05, 3.63) is 64.7 Å². The first-order valence-corrected chi connectivity index (χ1v) is 6.89. The van der Waals surface area contributed by atoms with Gasteiger partial charge in [0.15, 0.2) is 0 Å². The molecule has 0 saturated heterocycles. The van der Waals surface area contributed by atoms with Gasteiger partial charge in [-0.1, -0.05) is 12.1 Å². The predicted molar refractivity (Wildman–Crippen MR) is 82.2 cm³/mol. The van der Waals surface area contributed by atoms with Crippen molar-refractivity contribution < 1.29 is 8.78 Å². The number of anilines is 1. The lowest BCUT2D eigenvalue weighted by atomic mass is 10.0. The average molecular weight is 290 g/mol. The second-order valence-electron chi connectivity index (χ2n) is 5.43. The van der Waals surface area contributed by atoms with E-state index in [2.05, 4.69) is 0 Å². The minimum Gasteiger partial charge on any atom is -0.370 e. The maximum absolute atomic E-state index is 13.7. The van der Waals surface area contributed by atoms with Crippen molar-refractivity contribution in [1.29, 1.82) is 0 Å². The summed E-state index contributed by atoms with van der Waals surface area (Å²) in [7, 11) is 1.89. The number of aryl methyl sites for hydroxylation is 1. The van der Waals surface area contributed by atoms with Crippen LogP contribution < -0.4 is 10.6 Å². The molecule has 4 heteroatoms. The van der Waals surface area contributed by atoms with E-state index in [1.54, 1.807) is 19.1 Å². The summed E-state index contributed by atoms with van der Waals surface area (Å²) < 4.78 is 27.0. The van der Waals surface area contributed by atoms with Gasteiger partial charge < -0.3 is 10.6 Å². The molecule has 2 aromatic carbocycles. The van der Waals surface area contributed by atoms with E-state index in [0.717, 1.165) is 16.8 Å². The van der Waals surface area contributed by atoms with Gasteiger partial charge in [0.1, 0.15) is 11.6 Å². The SMILES string of the molecule is Cc1cc(N(C)Cc2cccc(F)c2)c(C(C)N)cc1F. The molecule has 0 amide bonds. The number of nitrogens with two attached hydrogens (primary N) is 1. The summed E-state index contributed by atoms with van der Waals surface area (Å²) in [5, 5.41) is 0. The summed E-state index contributed by atoms with van der Waals surface area (Å²) in [4.78, 5) is 1.96. The zero-order valence-electron chi connectivity index (χ0n) is 12.5. The topological polar surface area (TPSA) is 29.3 Å². The maximum atomic E-state index is 13.7. The Morgan fingerprint density at radius 1 is 1.19 bits per heavy atom. The molecule has 2 nitrogen and oxygen atoms in total. The number of nitrogens with zero attached hydrogens (tertiary/aromatic N) is 1. The van der Waals surface area contributed by atoms with Gasteiger partial charge in [-0.3, -0.25) is 0 Å². The highest BCUT2D eigenvalue weighted by atomic mass is 19.1. The van der Waals surface area contributed by atoms with Crippen LogP contribution in [0.2, 0.25) is 0 Å². The lowest BCUT2D eigenvalue weighted by molar-refractivity contribution is 0.612. The van der Waals surface area contributed by atoms with Gasteiger partial charge in [-0.05, 0) is 54.8 Å². The lowest BCUT2D eigenvalue weighted by Crippen LogP contribution is -2.21. The molecule has 0 aliphatic heterocycles. The Morgan fingerprint density at radius 3 is 2.52 bits per heavy atom. The van der Waals surface area contributed by atoms with Crippen molar-refractivity contribution in [2.45, 2.75) is 26.4 Å². The molecule has 2 rings (SSSR count). The largest absolute Gasteiger partial charge is 0.370 e. The molecule has 0 heterocycles. The van der Waals surface area contributed by atoms with Gasteiger partial charge in [0, 0.05) is 25.3 Å². The van der Waals surface area contributed by atoms with Crippen LogP contribution >= 0.6 is 0 Å². The van der Waals surface area contributed by atoms with E-state index in [4.69, 9.17) is 5.73 Å². The fraction of sp³-hybridized carbons (Fsp3) is 0.294. The summed E-state index contributed by atoms with van der Waals surface area (Å²) in [6, 6.07) is 9.45. The van der Waals surface area contributed by atoms with Crippen LogP contribution in [0.5, 0.6) is 0 Å². The molecule has 2 N–H and O–H groups in total. The van der Waals surface area contributed by atoms with Gasteiger partial charge in [-0.25, -0.2) is 8.78 Å². The van der Waals surface area contributed by atoms with Crippen molar-refractivity contribution in [3.63, 3.8) is 0 Å². The van der Waals surface area contributed by atoms with Gasteiger partial charge in [0.25, 0.3) is 0 Å². The Labute approximate surface area is 124 Å². The molecule has 0 saturated carbocycles. The normalized spacial score (nSPS) is 12.3. The van der Waals surface area contributed by atoms with Crippen LogP contribution in [0, 0.1) is 18.6 Å². The molecule has 0 aliphatic rings. The van der Waals surface area contributed by atoms with E-state index in [-0.39, 0.29) is 17.7 Å². The minimum atomic E-state index is -0.273. The van der Waals surface area contributed by atoms with Crippen LogP contribution in [-0.4, -0.2) is 7.05 Å². The summed E-state index contributed by atoms with van der Waals surface area (Å²) in [5.41, 5.74) is 8.98. The van der Waals surface area contributed by atoms with Crippen molar-refractivity contribution in [2.24, 2.45) is 5.73 Å². The van der Waals surface area contributed by atoms with Gasteiger partial charge in [0.05, 0.1) is 0 Å². The number of benzene rings is 2. The Hall–Kier alpha value is -1.94. The molecular formula is C17H20F2N2. The van der Waals surface area contributed by atoms with Crippen LogP contribution in [0.4, 0.5) is 14.5 Å². The second-order valence-corrected chi connectivity index (χ2v) is 5.43. The molecule has 0 bridgehead atoms. The van der Waals surface area contributed by atoms with Crippen molar-refractivity contribution in [2.75, 3.05) is 11.9 Å². The number of hydrogen-bond donors (Lipinski definition) is 1. The zero-order chi connectivity index (χ0) is 15.6. The zero-order valence-corrected chi connectivity index (χ0v) is 12.5. The quantitative estimate of drug-likeness (QED) is 0.924. The standard InChI is InChI=1S/C17H20F2N2/c1-11-7-17(15(12(2)20)9-16(11)19)21(3)10-13-5-4-6-14(18)8-13/h4-9,12H,10,20H2,1-3H3. The molecule has 1 unspecified atom stereocenters. The van der Waals surface area contributed by atoms with Gasteiger partial charge in [-0.2, -0.15) is 0 Å². The molecule has 0 radical (unpaired) electrons. The molecule has 112 valence electrons. The first kappa shape index (κ1) is 15.4. The molecular weight excluding hydrogens is 270 g/mol. The summed E-state index contributed by atoms with van der Waals surface area (Å²) in [5.74, 6) is -0.520. The highest BCUT2D eigenvalue weighted by Gasteiger charge is 2.14. The van der Waals surface area contributed by atoms with Crippen LogP contribution in [0.25, 0.3) is 0 Å². The van der Waals surface area contributed by atoms with Gasteiger partial charge in [-0.15, -0.1) is 0 Å². The Morgan fingerprint density at radius 2 is 1.90 bits per heavy atom. The molecule has 1 atom stereocenters. The van der Waals surface area contributed by atoms with Gasteiger partial charge >= 0.3 is 0 Å². The fourth-order valence-corrected chi connectivity index (χ4v) is 2.37. The molecule has 2 aromatic rings. The van der Waals surface area contributed by atoms with Crippen LogP contribution in [0.3, 0.4) is 0 Å². The predicted octanol–water partition coefficient (Wildman–Crippen LogP) is 3.93. The summed E-state index contributed by atoms with van der Waals surface area (Å²) >= 11 is 0. The number of rotatable bonds is 4. The Balaban J connectivity index is 2.34. The molecule has 0 fully saturated rings. The third-order valence-electron chi connectivity index (χ3n) is 3.52. The van der Waals surface area contributed by atoms with E-state index in [9.17, 15) is 8.78 Å². The van der Waals surface area contributed by atoms with E-state index in [1.807, 2.05) is 24.9 Å². The maximum Gasteiger partial charge on any atom is 0.126 e. The summed E-state index contributed by atoms with van der Waals surface area (Å²) in [6.45, 7) is 4.08. The third kappa shape index (κ3) is 3.58. The van der Waals surface area contributed by atoms with E-state index in [1.165, 1.54) is 18.2 Å². The molecule has 0 aliphatic carbocycles. The van der Waals surface area contributed by atoms with E-state index in [0.29, 0.717) is 12.1 Å². The lowest BCUT2D eigenvalue weighted by Gasteiger charge is -2.25. The highest BCUT2D eigenvalue weighted by molar-refractivity contribution is 5.56. The van der Waals surface area contributed by atoms with Crippen molar-refractivity contribution >= 4 is 5.69 Å². The van der Waals surface area contributed by atoms with Crippen LogP contribution in [0.15, 0.2) is 36.4 Å². The Kier molecular flexibility index (Phi) is 4.58.